The van der Waals surface area contributed by atoms with Gasteiger partial charge >= 0.3 is 0 Å². The van der Waals surface area contributed by atoms with Crippen LogP contribution in [0.2, 0.25) is 0 Å². The van der Waals surface area contributed by atoms with E-state index in [0.29, 0.717) is 11.4 Å². The summed E-state index contributed by atoms with van der Waals surface area (Å²) in [4.78, 5) is 16.4. The van der Waals surface area contributed by atoms with Gasteiger partial charge in [-0.2, -0.15) is 0 Å². The standard InChI is InChI=1S/C16H19N3O2/c1-4-17-15-10-12(7-8-18-15)16(20)19-13-5-6-14(21-3)11(2)9-13/h5-10H,4H2,1-3H3,(H,17,18)(H,19,20). The average molecular weight is 285 g/mol. The Morgan fingerprint density at radius 1 is 1.29 bits per heavy atom. The molecule has 110 valence electrons. The Kier molecular flexibility index (Phi) is 4.77. The van der Waals surface area contributed by atoms with Crippen LogP contribution in [0.5, 0.6) is 5.75 Å². The van der Waals surface area contributed by atoms with Crippen LogP contribution in [0.1, 0.15) is 22.8 Å². The number of anilines is 2. The van der Waals surface area contributed by atoms with Gasteiger partial charge in [0.2, 0.25) is 0 Å². The molecule has 1 aromatic carbocycles. The van der Waals surface area contributed by atoms with E-state index in [0.717, 1.165) is 23.5 Å². The topological polar surface area (TPSA) is 63.2 Å². The predicted octanol–water partition coefficient (Wildman–Crippen LogP) is 3.08. The van der Waals surface area contributed by atoms with Crippen molar-refractivity contribution >= 4 is 17.4 Å². The van der Waals surface area contributed by atoms with Crippen LogP contribution >= 0.6 is 0 Å². The molecule has 0 spiro atoms. The Morgan fingerprint density at radius 3 is 2.76 bits per heavy atom. The summed E-state index contributed by atoms with van der Waals surface area (Å²) in [5, 5.41) is 5.95. The van der Waals surface area contributed by atoms with Gasteiger partial charge in [-0.25, -0.2) is 4.98 Å². The van der Waals surface area contributed by atoms with Crippen molar-refractivity contribution in [2.75, 3.05) is 24.3 Å². The SMILES string of the molecule is CCNc1cc(C(=O)Nc2ccc(OC)c(C)c2)ccn1. The van der Waals surface area contributed by atoms with Crippen molar-refractivity contribution in [3.8, 4) is 5.75 Å². The van der Waals surface area contributed by atoms with Crippen LogP contribution in [0.15, 0.2) is 36.5 Å². The van der Waals surface area contributed by atoms with Gasteiger partial charge in [0.15, 0.2) is 0 Å². The molecule has 2 N–H and O–H groups in total. The number of amides is 1. The highest BCUT2D eigenvalue weighted by atomic mass is 16.5. The number of aryl methyl sites for hydroxylation is 1. The molecule has 1 heterocycles. The summed E-state index contributed by atoms with van der Waals surface area (Å²) in [6.07, 6.45) is 1.62. The zero-order valence-electron chi connectivity index (χ0n) is 12.4. The molecule has 0 fully saturated rings. The fourth-order valence-corrected chi connectivity index (χ4v) is 2.01. The van der Waals surface area contributed by atoms with Crippen molar-refractivity contribution in [2.45, 2.75) is 13.8 Å². The first-order chi connectivity index (χ1) is 10.1. The van der Waals surface area contributed by atoms with Gasteiger partial charge in [0.1, 0.15) is 11.6 Å². The summed E-state index contributed by atoms with van der Waals surface area (Å²) in [6, 6.07) is 8.95. The molecule has 21 heavy (non-hydrogen) atoms. The van der Waals surface area contributed by atoms with Crippen LogP contribution < -0.4 is 15.4 Å². The second-order valence-electron chi connectivity index (χ2n) is 4.60. The molecule has 1 aromatic heterocycles. The third kappa shape index (κ3) is 3.72. The molecule has 1 amide bonds. The summed E-state index contributed by atoms with van der Waals surface area (Å²) in [7, 11) is 1.62. The van der Waals surface area contributed by atoms with E-state index in [-0.39, 0.29) is 5.91 Å². The quantitative estimate of drug-likeness (QED) is 0.886. The molecule has 0 aliphatic carbocycles. The van der Waals surface area contributed by atoms with Crippen molar-refractivity contribution in [3.05, 3.63) is 47.7 Å². The van der Waals surface area contributed by atoms with Gasteiger partial charge in [0.25, 0.3) is 5.91 Å². The minimum Gasteiger partial charge on any atom is -0.496 e. The predicted molar refractivity (Wildman–Crippen MR) is 84.1 cm³/mol. The van der Waals surface area contributed by atoms with Crippen molar-refractivity contribution in [1.29, 1.82) is 0 Å². The minimum atomic E-state index is -0.166. The van der Waals surface area contributed by atoms with E-state index in [9.17, 15) is 4.79 Å². The Morgan fingerprint density at radius 2 is 2.10 bits per heavy atom. The third-order valence-corrected chi connectivity index (χ3v) is 3.03. The number of carbonyl (C=O) groups is 1. The third-order valence-electron chi connectivity index (χ3n) is 3.03. The Labute approximate surface area is 124 Å². The van der Waals surface area contributed by atoms with Crippen molar-refractivity contribution < 1.29 is 9.53 Å². The molecule has 5 nitrogen and oxygen atoms in total. The highest BCUT2D eigenvalue weighted by molar-refractivity contribution is 6.04. The van der Waals surface area contributed by atoms with Crippen molar-refractivity contribution in [3.63, 3.8) is 0 Å². The van der Waals surface area contributed by atoms with Crippen molar-refractivity contribution in [1.82, 2.24) is 4.98 Å². The van der Waals surface area contributed by atoms with Crippen LogP contribution in [0, 0.1) is 6.92 Å². The maximum Gasteiger partial charge on any atom is 0.255 e. The number of rotatable bonds is 5. The van der Waals surface area contributed by atoms with Crippen LogP contribution in [0.4, 0.5) is 11.5 Å². The first-order valence-corrected chi connectivity index (χ1v) is 6.80. The summed E-state index contributed by atoms with van der Waals surface area (Å²) in [6.45, 7) is 4.68. The lowest BCUT2D eigenvalue weighted by Crippen LogP contribution is -2.13. The molecule has 0 saturated carbocycles. The summed E-state index contributed by atoms with van der Waals surface area (Å²) < 4.78 is 5.20. The normalized spacial score (nSPS) is 10.0. The number of ether oxygens (including phenoxy) is 1. The molecule has 5 heteroatoms. The maximum atomic E-state index is 12.2. The number of nitrogens with one attached hydrogen (secondary N) is 2. The van der Waals surface area contributed by atoms with E-state index >= 15 is 0 Å². The monoisotopic (exact) mass is 285 g/mol. The largest absolute Gasteiger partial charge is 0.496 e. The molecule has 0 radical (unpaired) electrons. The number of methoxy groups -OCH3 is 1. The highest BCUT2D eigenvalue weighted by Crippen LogP contribution is 2.22. The first-order valence-electron chi connectivity index (χ1n) is 6.80. The molecule has 0 saturated heterocycles. The molecule has 0 aliphatic heterocycles. The van der Waals surface area contributed by atoms with E-state index in [1.165, 1.54) is 0 Å². The van der Waals surface area contributed by atoms with Crippen LogP contribution in [0.25, 0.3) is 0 Å². The van der Waals surface area contributed by atoms with Gasteiger partial charge < -0.3 is 15.4 Å². The van der Waals surface area contributed by atoms with Gasteiger partial charge in [-0.05, 0) is 49.7 Å². The van der Waals surface area contributed by atoms with E-state index in [2.05, 4.69) is 15.6 Å². The maximum absolute atomic E-state index is 12.2. The van der Waals surface area contributed by atoms with Gasteiger partial charge in [-0.3, -0.25) is 4.79 Å². The van der Waals surface area contributed by atoms with E-state index < -0.39 is 0 Å². The highest BCUT2D eigenvalue weighted by Gasteiger charge is 2.08. The fraction of sp³-hybridized carbons (Fsp3) is 0.250. The Balaban J connectivity index is 2.14. The summed E-state index contributed by atoms with van der Waals surface area (Å²) >= 11 is 0. The average Bonchev–Trinajstić information content (AvgIpc) is 2.48. The molecule has 2 rings (SSSR count). The number of carbonyl (C=O) groups excluding carboxylic acids is 1. The zero-order chi connectivity index (χ0) is 15.2. The second-order valence-corrected chi connectivity index (χ2v) is 4.60. The number of aromatic nitrogens is 1. The number of hydrogen-bond acceptors (Lipinski definition) is 4. The molecule has 0 unspecified atom stereocenters. The lowest BCUT2D eigenvalue weighted by Gasteiger charge is -2.10. The number of pyridine rings is 1. The first kappa shape index (κ1) is 14.8. The zero-order valence-corrected chi connectivity index (χ0v) is 12.4. The molecule has 0 bridgehead atoms. The molecular formula is C16H19N3O2. The van der Waals surface area contributed by atoms with Crippen LogP contribution in [0.3, 0.4) is 0 Å². The second kappa shape index (κ2) is 6.74. The van der Waals surface area contributed by atoms with Crippen molar-refractivity contribution in [2.24, 2.45) is 0 Å². The van der Waals surface area contributed by atoms with Gasteiger partial charge in [-0.1, -0.05) is 0 Å². The molecule has 0 aliphatic rings. The van der Waals surface area contributed by atoms with E-state index in [1.807, 2.05) is 32.0 Å². The number of nitrogens with zero attached hydrogens (tertiary/aromatic N) is 1. The van der Waals surface area contributed by atoms with Crippen LogP contribution in [-0.2, 0) is 0 Å². The van der Waals surface area contributed by atoms with Gasteiger partial charge in [0, 0.05) is 24.0 Å². The lowest BCUT2D eigenvalue weighted by atomic mass is 10.2. The van der Waals surface area contributed by atoms with Gasteiger partial charge in [-0.15, -0.1) is 0 Å². The lowest BCUT2D eigenvalue weighted by molar-refractivity contribution is 0.102. The molecule has 2 aromatic rings. The van der Waals surface area contributed by atoms with E-state index in [4.69, 9.17) is 4.74 Å². The van der Waals surface area contributed by atoms with Crippen LogP contribution in [-0.4, -0.2) is 24.5 Å². The fourth-order valence-electron chi connectivity index (χ4n) is 2.01. The minimum absolute atomic E-state index is 0.166. The Hall–Kier alpha value is -2.56. The van der Waals surface area contributed by atoms with E-state index in [1.54, 1.807) is 25.4 Å². The summed E-state index contributed by atoms with van der Waals surface area (Å²) in [5.74, 6) is 1.32. The molecular weight excluding hydrogens is 266 g/mol. The Bertz CT molecular complexity index is 641. The number of hydrogen-bond donors (Lipinski definition) is 2. The van der Waals surface area contributed by atoms with Gasteiger partial charge in [0.05, 0.1) is 7.11 Å². The number of benzene rings is 1. The molecule has 0 atom stereocenters. The smallest absolute Gasteiger partial charge is 0.255 e. The summed E-state index contributed by atoms with van der Waals surface area (Å²) in [5.41, 5.74) is 2.27.